The summed E-state index contributed by atoms with van der Waals surface area (Å²) < 4.78 is 0. The number of nitrogens with zero attached hydrogens (tertiary/aromatic N) is 6. The molecule has 0 aliphatic rings. The molecule has 0 saturated carbocycles. The molecule has 20 aromatic rings. The summed E-state index contributed by atoms with van der Waals surface area (Å²) in [7, 11) is 0. The average molecular weight is 1320 g/mol. The second-order valence-corrected chi connectivity index (χ2v) is 26.7. The first-order valence-corrected chi connectivity index (χ1v) is 35.3. The standard InChI is InChI=1S/C98H60N6/c1-4-27-61(28-5-1)63-53-55-65(56-54-63)93-99-94(69-36-24-33-66(57-69)62-29-6-2-7-30-62)101-97(100-93)88-60-87-76-42-15-19-46-80(76)90-72(51-26-52-85(90)92(87)82-48-21-17-44-78(82)88)68-35-25-34-67(58-68)71-38-11-23-50-84(71)96-102-95(83-49-22-10-37-70(83)64-31-8-3-9-32-64)103-98(104-96)89-59-86-75-41-13-12-39-73(75)74-40-14-18-45-79(74)91(86)81-47-20-16-43-77(81)89/h1-60H. The lowest BCUT2D eigenvalue weighted by atomic mass is 9.86. The predicted molar refractivity (Wildman–Crippen MR) is 433 cm³/mol. The summed E-state index contributed by atoms with van der Waals surface area (Å²) in [5, 5.41) is 18.5. The van der Waals surface area contributed by atoms with Crippen LogP contribution in [0.1, 0.15) is 0 Å². The zero-order valence-electron chi connectivity index (χ0n) is 56.3. The average Bonchev–Trinajstić information content (AvgIpc) is 0.718. The van der Waals surface area contributed by atoms with E-state index in [-0.39, 0.29) is 0 Å². The van der Waals surface area contributed by atoms with Crippen molar-refractivity contribution >= 4 is 86.2 Å². The summed E-state index contributed by atoms with van der Waals surface area (Å²) in [4.78, 5) is 33.0. The van der Waals surface area contributed by atoms with Crippen LogP contribution in [-0.2, 0) is 0 Å². The van der Waals surface area contributed by atoms with Gasteiger partial charge in [-0.1, -0.05) is 340 Å². The SMILES string of the molecule is c1ccc(-c2ccc(-c3nc(-c4cccc(-c5ccccc5)c4)nc(-c4cc5c6ccccc6c6c(-c7cccc(-c8ccccc8-c8nc(-c9ccccc9-c9ccccc9)nc(-c9cc%10c%11ccccc%11c%11ccccc%11c%10c%10ccccc9%10)n8)c7)cccc6c5c5ccccc45)n3)cc2)cc1. The van der Waals surface area contributed by atoms with Crippen LogP contribution in [0.15, 0.2) is 364 Å². The highest BCUT2D eigenvalue weighted by Crippen LogP contribution is 2.48. The largest absolute Gasteiger partial charge is 0.208 e. The highest BCUT2D eigenvalue weighted by Gasteiger charge is 2.25. The van der Waals surface area contributed by atoms with Crippen molar-refractivity contribution in [2.24, 2.45) is 0 Å². The van der Waals surface area contributed by atoms with E-state index in [1.165, 1.54) is 37.7 Å². The highest BCUT2D eigenvalue weighted by molar-refractivity contribution is 6.36. The normalized spacial score (nSPS) is 11.7. The Kier molecular flexibility index (Phi) is 14.5. The Morgan fingerprint density at radius 1 is 0.115 bits per heavy atom. The molecule has 2 heterocycles. The van der Waals surface area contributed by atoms with E-state index < -0.39 is 0 Å². The van der Waals surface area contributed by atoms with Gasteiger partial charge >= 0.3 is 0 Å². The van der Waals surface area contributed by atoms with Gasteiger partial charge in [0.15, 0.2) is 34.9 Å². The maximum Gasteiger partial charge on any atom is 0.164 e. The molecule has 104 heavy (non-hydrogen) atoms. The number of hydrogen-bond donors (Lipinski definition) is 0. The van der Waals surface area contributed by atoms with Crippen LogP contribution in [-0.4, -0.2) is 29.9 Å². The van der Waals surface area contributed by atoms with Crippen LogP contribution in [0, 0.1) is 0 Å². The van der Waals surface area contributed by atoms with Crippen LogP contribution < -0.4 is 0 Å². The third kappa shape index (κ3) is 10.3. The number of benzene rings is 18. The molecule has 20 rings (SSSR count). The van der Waals surface area contributed by atoms with Gasteiger partial charge < -0.3 is 0 Å². The number of aromatic nitrogens is 6. The summed E-state index contributed by atoms with van der Waals surface area (Å²) in [6, 6.07) is 130. The topological polar surface area (TPSA) is 77.3 Å². The van der Waals surface area contributed by atoms with Gasteiger partial charge in [0.1, 0.15) is 0 Å². The molecule has 0 N–H and O–H groups in total. The molecular formula is C98H60N6. The number of rotatable bonds is 11. The molecule has 0 spiro atoms. The summed E-state index contributed by atoms with van der Waals surface area (Å²) >= 11 is 0. The van der Waals surface area contributed by atoms with E-state index >= 15 is 0 Å². The van der Waals surface area contributed by atoms with Crippen molar-refractivity contribution < 1.29 is 0 Å². The van der Waals surface area contributed by atoms with Gasteiger partial charge in [0.25, 0.3) is 0 Å². The van der Waals surface area contributed by atoms with Gasteiger partial charge in [-0.25, -0.2) is 29.9 Å². The van der Waals surface area contributed by atoms with Crippen LogP contribution >= 0.6 is 0 Å². The van der Waals surface area contributed by atoms with E-state index in [0.29, 0.717) is 34.9 Å². The molecule has 18 aromatic carbocycles. The molecule has 2 aromatic heterocycles. The minimum atomic E-state index is 0.578. The Labute approximate surface area is 600 Å². The molecule has 0 amide bonds. The third-order valence-electron chi connectivity index (χ3n) is 20.7. The third-order valence-corrected chi connectivity index (χ3v) is 20.7. The Morgan fingerprint density at radius 2 is 0.394 bits per heavy atom. The Bertz CT molecular complexity index is 6830. The molecule has 0 radical (unpaired) electrons. The maximum atomic E-state index is 5.65. The van der Waals surface area contributed by atoms with Gasteiger partial charge in [0.05, 0.1) is 0 Å². The predicted octanol–water partition coefficient (Wildman–Crippen LogP) is 25.6. The fourth-order valence-electron chi connectivity index (χ4n) is 16.0. The van der Waals surface area contributed by atoms with Gasteiger partial charge in [-0.2, -0.15) is 0 Å². The summed E-state index contributed by atoms with van der Waals surface area (Å²) in [5.41, 5.74) is 16.3. The molecule has 0 fully saturated rings. The molecule has 0 aliphatic carbocycles. The minimum absolute atomic E-state index is 0.578. The molecule has 0 bridgehead atoms. The van der Waals surface area contributed by atoms with Crippen LogP contribution in [0.3, 0.4) is 0 Å². The van der Waals surface area contributed by atoms with Crippen LogP contribution in [0.5, 0.6) is 0 Å². The molecule has 0 unspecified atom stereocenters. The fourth-order valence-corrected chi connectivity index (χ4v) is 16.0. The van der Waals surface area contributed by atoms with Gasteiger partial charge in [0, 0.05) is 33.4 Å². The van der Waals surface area contributed by atoms with Gasteiger partial charge in [-0.3, -0.25) is 0 Å². The Morgan fingerprint density at radius 3 is 0.942 bits per heavy atom. The molecule has 6 heteroatoms. The zero-order valence-corrected chi connectivity index (χ0v) is 56.3. The number of hydrogen-bond acceptors (Lipinski definition) is 6. The summed E-state index contributed by atoms with van der Waals surface area (Å²) in [6.07, 6.45) is 0. The molecule has 482 valence electrons. The van der Waals surface area contributed by atoms with Crippen LogP contribution in [0.2, 0.25) is 0 Å². The van der Waals surface area contributed by atoms with Crippen molar-refractivity contribution in [3.63, 3.8) is 0 Å². The highest BCUT2D eigenvalue weighted by atomic mass is 15.0. The van der Waals surface area contributed by atoms with Gasteiger partial charge in [-0.05, 0) is 166 Å². The van der Waals surface area contributed by atoms with Crippen molar-refractivity contribution in [1.29, 1.82) is 0 Å². The maximum absolute atomic E-state index is 5.65. The van der Waals surface area contributed by atoms with Gasteiger partial charge in [0.2, 0.25) is 0 Å². The second-order valence-electron chi connectivity index (χ2n) is 26.7. The quantitative estimate of drug-likeness (QED) is 0.120. The Hall–Kier alpha value is -13.9. The second kappa shape index (κ2) is 25.0. The van der Waals surface area contributed by atoms with Crippen molar-refractivity contribution in [3.8, 4) is 124 Å². The van der Waals surface area contributed by atoms with Crippen molar-refractivity contribution in [2.45, 2.75) is 0 Å². The first-order valence-electron chi connectivity index (χ1n) is 35.3. The monoisotopic (exact) mass is 1320 g/mol. The van der Waals surface area contributed by atoms with Crippen LogP contribution in [0.4, 0.5) is 0 Å². The van der Waals surface area contributed by atoms with Gasteiger partial charge in [-0.15, -0.1) is 0 Å². The van der Waals surface area contributed by atoms with Crippen molar-refractivity contribution in [2.75, 3.05) is 0 Å². The van der Waals surface area contributed by atoms with E-state index in [1.807, 2.05) is 12.1 Å². The molecular weight excluding hydrogens is 1260 g/mol. The summed E-state index contributed by atoms with van der Waals surface area (Å²) in [6.45, 7) is 0. The minimum Gasteiger partial charge on any atom is -0.208 e. The van der Waals surface area contributed by atoms with E-state index in [9.17, 15) is 0 Å². The molecule has 0 aliphatic heterocycles. The molecule has 0 saturated heterocycles. The van der Waals surface area contributed by atoms with E-state index in [1.54, 1.807) is 0 Å². The first-order chi connectivity index (χ1) is 51.6. The van der Waals surface area contributed by atoms with E-state index in [4.69, 9.17) is 29.9 Å². The van der Waals surface area contributed by atoms with Crippen LogP contribution in [0.25, 0.3) is 210 Å². The van der Waals surface area contributed by atoms with E-state index in [2.05, 4.69) is 352 Å². The number of fused-ring (bicyclic) bond motifs is 16. The molecule has 6 nitrogen and oxygen atoms in total. The molecule has 0 atom stereocenters. The summed E-state index contributed by atoms with van der Waals surface area (Å²) in [5.74, 6) is 3.56. The van der Waals surface area contributed by atoms with Crippen molar-refractivity contribution in [3.05, 3.63) is 364 Å². The smallest absolute Gasteiger partial charge is 0.164 e. The lowest BCUT2D eigenvalue weighted by Gasteiger charge is -2.18. The lowest BCUT2D eigenvalue weighted by Crippen LogP contribution is -2.02. The van der Waals surface area contributed by atoms with Crippen molar-refractivity contribution in [1.82, 2.24) is 29.9 Å². The zero-order chi connectivity index (χ0) is 68.6. The fraction of sp³-hybridized carbons (Fsp3) is 0. The van der Waals surface area contributed by atoms with E-state index in [0.717, 1.165) is 137 Å². The Balaban J connectivity index is 0.756. The lowest BCUT2D eigenvalue weighted by molar-refractivity contribution is 1.08. The first kappa shape index (κ1) is 60.1.